The van der Waals surface area contributed by atoms with E-state index < -0.39 is 0 Å². The minimum Gasteiger partial charge on any atom is -0.371 e. The van der Waals surface area contributed by atoms with Gasteiger partial charge < -0.3 is 4.74 Å². The Kier molecular flexibility index (Phi) is 3.73. The molecule has 2 aliphatic rings. The lowest BCUT2D eigenvalue weighted by Crippen LogP contribution is -2.17. The van der Waals surface area contributed by atoms with Gasteiger partial charge >= 0.3 is 0 Å². The molecule has 0 saturated carbocycles. The maximum atomic E-state index is 9.24. The summed E-state index contributed by atoms with van der Waals surface area (Å²) in [6.45, 7) is 0. The molecule has 23 heavy (non-hydrogen) atoms. The molecular formula is C21H19NO. The van der Waals surface area contributed by atoms with Crippen molar-refractivity contribution in [2.75, 3.05) is 0 Å². The summed E-state index contributed by atoms with van der Waals surface area (Å²) in [5.74, 6) is 0. The van der Waals surface area contributed by atoms with Crippen molar-refractivity contribution in [3.05, 3.63) is 71.3 Å². The van der Waals surface area contributed by atoms with Crippen LogP contribution >= 0.6 is 0 Å². The van der Waals surface area contributed by atoms with Gasteiger partial charge in [0.1, 0.15) is 0 Å². The normalized spacial score (nSPS) is 22.5. The Balaban J connectivity index is 1.54. The lowest BCUT2D eigenvalue weighted by Gasteiger charge is -2.20. The molecule has 0 N–H and O–H groups in total. The van der Waals surface area contributed by atoms with Crippen LogP contribution in [-0.4, -0.2) is 12.2 Å². The van der Waals surface area contributed by atoms with Crippen LogP contribution in [0.15, 0.2) is 60.2 Å². The average molecular weight is 301 g/mol. The van der Waals surface area contributed by atoms with Crippen LogP contribution in [0, 0.1) is 11.3 Å². The summed E-state index contributed by atoms with van der Waals surface area (Å²) in [6, 6.07) is 18.6. The third-order valence-electron chi connectivity index (χ3n) is 4.80. The molecule has 2 aromatic carbocycles. The van der Waals surface area contributed by atoms with Crippen LogP contribution in [0.3, 0.4) is 0 Å². The van der Waals surface area contributed by atoms with E-state index in [0.29, 0.717) is 12.2 Å². The van der Waals surface area contributed by atoms with Crippen molar-refractivity contribution in [2.24, 2.45) is 0 Å². The van der Waals surface area contributed by atoms with Gasteiger partial charge in [-0.1, -0.05) is 54.1 Å². The van der Waals surface area contributed by atoms with E-state index in [1.165, 1.54) is 24.0 Å². The largest absolute Gasteiger partial charge is 0.371 e. The van der Waals surface area contributed by atoms with E-state index in [9.17, 15) is 5.26 Å². The zero-order valence-corrected chi connectivity index (χ0v) is 13.0. The Morgan fingerprint density at radius 2 is 1.87 bits per heavy atom. The second-order valence-corrected chi connectivity index (χ2v) is 6.43. The fourth-order valence-electron chi connectivity index (χ4n) is 3.66. The Hall–Kier alpha value is -2.37. The molecule has 2 bridgehead atoms. The molecule has 2 unspecified atom stereocenters. The maximum absolute atomic E-state index is 9.24. The van der Waals surface area contributed by atoms with Gasteiger partial charge in [0.15, 0.2) is 0 Å². The molecule has 2 heteroatoms. The molecule has 2 heterocycles. The van der Waals surface area contributed by atoms with Gasteiger partial charge in [0.2, 0.25) is 0 Å². The van der Waals surface area contributed by atoms with Crippen molar-refractivity contribution in [2.45, 2.75) is 37.9 Å². The molecule has 0 radical (unpaired) electrons. The number of hydrogen-bond donors (Lipinski definition) is 0. The predicted octanol–water partition coefficient (Wildman–Crippen LogP) is 4.65. The molecule has 0 amide bonds. The molecular weight excluding hydrogens is 282 g/mol. The maximum Gasteiger partial charge on any atom is 0.0998 e. The first-order chi connectivity index (χ1) is 11.3. The van der Waals surface area contributed by atoms with Gasteiger partial charge in [-0.15, -0.1) is 0 Å². The number of nitriles is 1. The molecule has 114 valence electrons. The summed E-state index contributed by atoms with van der Waals surface area (Å²) in [4.78, 5) is 0. The highest BCUT2D eigenvalue weighted by Gasteiger charge is 2.29. The minimum absolute atomic E-state index is 0.352. The Morgan fingerprint density at radius 3 is 2.65 bits per heavy atom. The number of rotatable bonds is 3. The van der Waals surface area contributed by atoms with Gasteiger partial charge in [-0.05, 0) is 48.4 Å². The van der Waals surface area contributed by atoms with E-state index in [-0.39, 0.29) is 0 Å². The molecule has 2 aromatic rings. The van der Waals surface area contributed by atoms with Gasteiger partial charge in [0.25, 0.3) is 0 Å². The molecule has 2 nitrogen and oxygen atoms in total. The summed E-state index contributed by atoms with van der Waals surface area (Å²) in [5.41, 5.74) is 5.67. The van der Waals surface area contributed by atoms with E-state index in [0.717, 1.165) is 29.5 Å². The van der Waals surface area contributed by atoms with Gasteiger partial charge in [0.05, 0.1) is 23.8 Å². The third kappa shape index (κ3) is 2.93. The van der Waals surface area contributed by atoms with Gasteiger partial charge in [-0.2, -0.15) is 5.26 Å². The zero-order chi connectivity index (χ0) is 15.6. The van der Waals surface area contributed by atoms with E-state index in [1.54, 1.807) is 0 Å². The smallest absolute Gasteiger partial charge is 0.0998 e. The van der Waals surface area contributed by atoms with E-state index in [2.05, 4.69) is 36.4 Å². The van der Waals surface area contributed by atoms with E-state index in [1.807, 2.05) is 24.3 Å². The first kappa shape index (κ1) is 14.2. The van der Waals surface area contributed by atoms with Crippen LogP contribution in [0.1, 0.15) is 30.4 Å². The van der Waals surface area contributed by atoms with Crippen LogP contribution in [0.5, 0.6) is 0 Å². The monoisotopic (exact) mass is 301 g/mol. The summed E-state index contributed by atoms with van der Waals surface area (Å²) in [5, 5.41) is 9.24. The van der Waals surface area contributed by atoms with Crippen LogP contribution in [-0.2, 0) is 11.2 Å². The summed E-state index contributed by atoms with van der Waals surface area (Å²) < 4.78 is 5.86. The SMILES string of the molecule is N#Cc1ccccc1-c1ccc(CC2=CC3CCC(C2)O3)cc1. The van der Waals surface area contributed by atoms with Crippen LogP contribution in [0.4, 0.5) is 0 Å². The molecule has 1 saturated heterocycles. The lowest BCUT2D eigenvalue weighted by molar-refractivity contribution is 0.0602. The summed E-state index contributed by atoms with van der Waals surface area (Å²) >= 11 is 0. The second kappa shape index (κ2) is 6.02. The predicted molar refractivity (Wildman–Crippen MR) is 90.9 cm³/mol. The Morgan fingerprint density at radius 1 is 1.04 bits per heavy atom. The topological polar surface area (TPSA) is 33.0 Å². The van der Waals surface area contributed by atoms with E-state index in [4.69, 9.17) is 4.74 Å². The molecule has 2 atom stereocenters. The van der Waals surface area contributed by atoms with Crippen LogP contribution < -0.4 is 0 Å². The Labute approximate surface area is 137 Å². The quantitative estimate of drug-likeness (QED) is 0.773. The minimum atomic E-state index is 0.352. The van der Waals surface area contributed by atoms with Gasteiger partial charge in [-0.3, -0.25) is 0 Å². The van der Waals surface area contributed by atoms with Crippen molar-refractivity contribution >= 4 is 0 Å². The molecule has 4 rings (SSSR count). The Bertz CT molecular complexity index is 782. The first-order valence-electron chi connectivity index (χ1n) is 8.25. The summed E-state index contributed by atoms with van der Waals surface area (Å²) in [7, 11) is 0. The van der Waals surface area contributed by atoms with Crippen molar-refractivity contribution in [1.82, 2.24) is 0 Å². The molecule has 0 aliphatic carbocycles. The highest BCUT2D eigenvalue weighted by Crippen LogP contribution is 2.33. The molecule has 2 aliphatic heterocycles. The number of hydrogen-bond acceptors (Lipinski definition) is 2. The first-order valence-corrected chi connectivity index (χ1v) is 8.25. The number of fused-ring (bicyclic) bond motifs is 2. The van der Waals surface area contributed by atoms with Gasteiger partial charge in [-0.25, -0.2) is 0 Å². The zero-order valence-electron chi connectivity index (χ0n) is 13.0. The van der Waals surface area contributed by atoms with Crippen molar-refractivity contribution in [1.29, 1.82) is 5.26 Å². The third-order valence-corrected chi connectivity index (χ3v) is 4.80. The lowest BCUT2D eigenvalue weighted by atomic mass is 9.95. The number of ether oxygens (including phenoxy) is 1. The van der Waals surface area contributed by atoms with Crippen molar-refractivity contribution < 1.29 is 4.74 Å². The van der Waals surface area contributed by atoms with E-state index >= 15 is 0 Å². The molecule has 0 spiro atoms. The number of benzene rings is 2. The molecule has 1 fully saturated rings. The van der Waals surface area contributed by atoms with Crippen molar-refractivity contribution in [3.8, 4) is 17.2 Å². The molecule has 0 aromatic heterocycles. The van der Waals surface area contributed by atoms with Crippen molar-refractivity contribution in [3.63, 3.8) is 0 Å². The fraction of sp³-hybridized carbons (Fsp3) is 0.286. The van der Waals surface area contributed by atoms with Crippen LogP contribution in [0.25, 0.3) is 11.1 Å². The fourth-order valence-corrected chi connectivity index (χ4v) is 3.66. The van der Waals surface area contributed by atoms with Gasteiger partial charge in [0, 0.05) is 0 Å². The summed E-state index contributed by atoms with van der Waals surface area (Å²) in [6.07, 6.45) is 7.59. The highest BCUT2D eigenvalue weighted by atomic mass is 16.5. The number of nitrogens with zero attached hydrogens (tertiary/aromatic N) is 1. The standard InChI is InChI=1S/C21H19NO/c22-14-18-3-1-2-4-21(18)17-7-5-15(6-8-17)11-16-12-19-9-10-20(13-16)23-19/h1-8,12,19-20H,9-11,13H2. The highest BCUT2D eigenvalue weighted by molar-refractivity contribution is 5.70. The van der Waals surface area contributed by atoms with Crippen LogP contribution in [0.2, 0.25) is 0 Å². The second-order valence-electron chi connectivity index (χ2n) is 6.43. The average Bonchev–Trinajstić information content (AvgIpc) is 2.94.